The van der Waals surface area contributed by atoms with Crippen LogP contribution < -0.4 is 0 Å². The van der Waals surface area contributed by atoms with Crippen molar-refractivity contribution in [1.29, 1.82) is 0 Å². The molecule has 3 rings (SSSR count). The monoisotopic (exact) mass is 254 g/mol. The summed E-state index contributed by atoms with van der Waals surface area (Å²) in [5, 5.41) is 0. The third-order valence-electron chi connectivity index (χ3n) is 3.91. The molecule has 1 saturated carbocycles. The van der Waals surface area contributed by atoms with E-state index in [1.165, 1.54) is 0 Å². The number of hydrogen-bond donors (Lipinski definition) is 0. The van der Waals surface area contributed by atoms with Crippen LogP contribution in [0.5, 0.6) is 0 Å². The van der Waals surface area contributed by atoms with Crippen molar-refractivity contribution >= 4 is 0 Å². The highest BCUT2D eigenvalue weighted by Gasteiger charge is 2.55. The Labute approximate surface area is 108 Å². The zero-order valence-electron chi connectivity index (χ0n) is 11.6. The van der Waals surface area contributed by atoms with Crippen LogP contribution in [0.15, 0.2) is 12.2 Å². The molecule has 0 unspecified atom stereocenters. The van der Waals surface area contributed by atoms with Gasteiger partial charge in [-0.2, -0.15) is 0 Å². The van der Waals surface area contributed by atoms with Gasteiger partial charge in [0.05, 0.1) is 12.7 Å². The predicted octanol–water partition coefficient (Wildman–Crippen LogP) is 2.23. The lowest BCUT2D eigenvalue weighted by Crippen LogP contribution is -2.56. The highest BCUT2D eigenvalue weighted by Crippen LogP contribution is 2.45. The summed E-state index contributed by atoms with van der Waals surface area (Å²) in [7, 11) is 0. The van der Waals surface area contributed by atoms with E-state index in [1.54, 1.807) is 0 Å². The van der Waals surface area contributed by atoms with Crippen molar-refractivity contribution in [2.24, 2.45) is 5.92 Å². The van der Waals surface area contributed by atoms with Crippen LogP contribution in [-0.2, 0) is 18.9 Å². The van der Waals surface area contributed by atoms with E-state index in [-0.39, 0.29) is 18.3 Å². The highest BCUT2D eigenvalue weighted by atomic mass is 16.8. The Bertz CT molecular complexity index is 374. The Balaban J connectivity index is 1.86. The SMILES string of the molecule is C=C1C[C@H]2COC(C)(C)O[C@H]2[C@@H]2OC(C)(C)O[C@@H]12. The lowest BCUT2D eigenvalue weighted by Gasteiger charge is -2.47. The van der Waals surface area contributed by atoms with Crippen molar-refractivity contribution in [3.63, 3.8) is 0 Å². The summed E-state index contributed by atoms with van der Waals surface area (Å²) in [5.41, 5.74) is 1.10. The lowest BCUT2D eigenvalue weighted by molar-refractivity contribution is -0.315. The minimum atomic E-state index is -0.557. The second kappa shape index (κ2) is 3.79. The molecule has 4 nitrogen and oxygen atoms in total. The molecule has 0 aromatic heterocycles. The molecular formula is C14H22O4. The number of fused-ring (bicyclic) bond motifs is 3. The fraction of sp³-hybridized carbons (Fsp3) is 0.857. The molecule has 18 heavy (non-hydrogen) atoms. The Morgan fingerprint density at radius 3 is 2.39 bits per heavy atom. The maximum Gasteiger partial charge on any atom is 0.164 e. The van der Waals surface area contributed by atoms with Gasteiger partial charge in [0.2, 0.25) is 0 Å². The number of rotatable bonds is 0. The molecule has 4 atom stereocenters. The minimum absolute atomic E-state index is 0.0334. The Morgan fingerprint density at radius 1 is 1.00 bits per heavy atom. The van der Waals surface area contributed by atoms with E-state index in [9.17, 15) is 0 Å². The van der Waals surface area contributed by atoms with E-state index in [4.69, 9.17) is 18.9 Å². The average molecular weight is 254 g/mol. The van der Waals surface area contributed by atoms with Gasteiger partial charge in [-0.15, -0.1) is 0 Å². The van der Waals surface area contributed by atoms with E-state index >= 15 is 0 Å². The first-order valence-corrected chi connectivity index (χ1v) is 6.62. The van der Waals surface area contributed by atoms with Crippen molar-refractivity contribution < 1.29 is 18.9 Å². The van der Waals surface area contributed by atoms with E-state index in [0.29, 0.717) is 12.5 Å². The van der Waals surface area contributed by atoms with Crippen molar-refractivity contribution in [1.82, 2.24) is 0 Å². The van der Waals surface area contributed by atoms with Crippen molar-refractivity contribution in [2.45, 2.75) is 64.0 Å². The van der Waals surface area contributed by atoms with Gasteiger partial charge in [-0.25, -0.2) is 0 Å². The average Bonchev–Trinajstić information content (AvgIpc) is 2.56. The van der Waals surface area contributed by atoms with Crippen LogP contribution in [0, 0.1) is 5.92 Å². The molecule has 0 aromatic rings. The van der Waals surface area contributed by atoms with Crippen LogP contribution in [0.25, 0.3) is 0 Å². The Hall–Kier alpha value is -0.420. The fourth-order valence-corrected chi connectivity index (χ4v) is 3.17. The van der Waals surface area contributed by atoms with Gasteiger partial charge in [-0.3, -0.25) is 0 Å². The Morgan fingerprint density at radius 2 is 1.67 bits per heavy atom. The molecule has 2 aliphatic heterocycles. The van der Waals surface area contributed by atoms with Gasteiger partial charge in [0.15, 0.2) is 11.6 Å². The standard InChI is InChI=1S/C14H22O4/c1-8-6-9-7-15-13(2,3)17-11(9)12-10(8)16-14(4,5)18-12/h9-12H,1,6-7H2,2-5H3/t9-,10-,11+,12+/m0/s1. The van der Waals surface area contributed by atoms with Gasteiger partial charge in [-0.05, 0) is 39.7 Å². The molecule has 0 N–H and O–H groups in total. The molecule has 2 saturated heterocycles. The first-order valence-electron chi connectivity index (χ1n) is 6.62. The molecule has 0 radical (unpaired) electrons. The summed E-state index contributed by atoms with van der Waals surface area (Å²) in [4.78, 5) is 0. The van der Waals surface area contributed by atoms with Crippen LogP contribution in [0.1, 0.15) is 34.1 Å². The minimum Gasteiger partial charge on any atom is -0.350 e. The Kier molecular flexibility index (Phi) is 2.66. The molecule has 3 aliphatic rings. The van der Waals surface area contributed by atoms with Gasteiger partial charge in [0.1, 0.15) is 12.2 Å². The fourth-order valence-electron chi connectivity index (χ4n) is 3.17. The summed E-state index contributed by atoms with van der Waals surface area (Å²) < 4.78 is 23.8. The topological polar surface area (TPSA) is 36.9 Å². The quantitative estimate of drug-likeness (QED) is 0.621. The predicted molar refractivity (Wildman–Crippen MR) is 66.0 cm³/mol. The molecule has 0 aromatic carbocycles. The van der Waals surface area contributed by atoms with Crippen LogP contribution in [0.2, 0.25) is 0 Å². The highest BCUT2D eigenvalue weighted by molar-refractivity contribution is 5.17. The van der Waals surface area contributed by atoms with Crippen LogP contribution in [0.4, 0.5) is 0 Å². The van der Waals surface area contributed by atoms with Crippen molar-refractivity contribution in [3.05, 3.63) is 12.2 Å². The van der Waals surface area contributed by atoms with Gasteiger partial charge in [0, 0.05) is 5.92 Å². The summed E-state index contributed by atoms with van der Waals surface area (Å²) in [6.45, 7) is 12.6. The van der Waals surface area contributed by atoms with Gasteiger partial charge < -0.3 is 18.9 Å². The second-order valence-corrected chi connectivity index (χ2v) is 6.44. The summed E-state index contributed by atoms with van der Waals surface area (Å²) >= 11 is 0. The maximum absolute atomic E-state index is 6.06. The lowest BCUT2D eigenvalue weighted by atomic mass is 9.79. The smallest absolute Gasteiger partial charge is 0.164 e. The van der Waals surface area contributed by atoms with Crippen molar-refractivity contribution in [2.75, 3.05) is 6.61 Å². The molecule has 0 amide bonds. The van der Waals surface area contributed by atoms with E-state index < -0.39 is 11.6 Å². The molecule has 0 spiro atoms. The zero-order chi connectivity index (χ0) is 13.1. The van der Waals surface area contributed by atoms with Crippen molar-refractivity contribution in [3.8, 4) is 0 Å². The van der Waals surface area contributed by atoms with E-state index in [1.807, 2.05) is 27.7 Å². The first kappa shape index (κ1) is 12.6. The molecular weight excluding hydrogens is 232 g/mol. The summed E-state index contributed by atoms with van der Waals surface area (Å²) in [6, 6.07) is 0. The first-order chi connectivity index (χ1) is 8.27. The summed E-state index contributed by atoms with van der Waals surface area (Å²) in [5.74, 6) is -0.774. The largest absolute Gasteiger partial charge is 0.350 e. The summed E-state index contributed by atoms with van der Waals surface area (Å²) in [6.07, 6.45) is 0.817. The molecule has 102 valence electrons. The van der Waals surface area contributed by atoms with E-state index in [2.05, 4.69) is 6.58 Å². The number of hydrogen-bond acceptors (Lipinski definition) is 4. The second-order valence-electron chi connectivity index (χ2n) is 6.44. The normalized spacial score (nSPS) is 45.4. The molecule has 2 heterocycles. The zero-order valence-corrected chi connectivity index (χ0v) is 11.6. The third-order valence-corrected chi connectivity index (χ3v) is 3.91. The van der Waals surface area contributed by atoms with Gasteiger partial charge in [-0.1, -0.05) is 6.58 Å². The maximum atomic E-state index is 6.06. The molecule has 3 fully saturated rings. The van der Waals surface area contributed by atoms with Crippen LogP contribution in [0.3, 0.4) is 0 Å². The van der Waals surface area contributed by atoms with Crippen LogP contribution in [-0.4, -0.2) is 36.5 Å². The molecule has 4 heteroatoms. The van der Waals surface area contributed by atoms with Gasteiger partial charge >= 0.3 is 0 Å². The van der Waals surface area contributed by atoms with Gasteiger partial charge in [0.25, 0.3) is 0 Å². The number of ether oxygens (including phenoxy) is 4. The molecule has 1 aliphatic carbocycles. The van der Waals surface area contributed by atoms with Crippen LogP contribution >= 0.6 is 0 Å². The van der Waals surface area contributed by atoms with E-state index in [0.717, 1.165) is 12.0 Å². The molecule has 0 bridgehead atoms. The third kappa shape index (κ3) is 2.01.